The first-order chi connectivity index (χ1) is 13.1. The van der Waals surface area contributed by atoms with Crippen molar-refractivity contribution in [3.05, 3.63) is 76.0 Å². The average molecular weight is 399 g/mol. The van der Waals surface area contributed by atoms with Gasteiger partial charge in [0.1, 0.15) is 0 Å². The van der Waals surface area contributed by atoms with Gasteiger partial charge in [0.15, 0.2) is 17.3 Å². The fraction of sp³-hybridized carbons (Fsp3) is 0.227. The number of carbonyl (C=O) groups excluding carboxylic acids is 1. The molecule has 0 spiro atoms. The van der Waals surface area contributed by atoms with Crippen LogP contribution in [0.15, 0.2) is 64.9 Å². The smallest absolute Gasteiger partial charge is 0.174 e. The van der Waals surface area contributed by atoms with Crippen molar-refractivity contribution in [1.29, 1.82) is 0 Å². The van der Waals surface area contributed by atoms with Crippen molar-refractivity contribution in [2.24, 2.45) is 0 Å². The molecule has 1 unspecified atom stereocenters. The van der Waals surface area contributed by atoms with E-state index in [-0.39, 0.29) is 11.0 Å². The van der Waals surface area contributed by atoms with Crippen LogP contribution in [-0.2, 0) is 0 Å². The molecular formula is C22H22O3S2. The van der Waals surface area contributed by atoms with E-state index < -0.39 is 0 Å². The van der Waals surface area contributed by atoms with Crippen molar-refractivity contribution >= 4 is 28.9 Å². The van der Waals surface area contributed by atoms with Gasteiger partial charge in [-0.15, -0.1) is 23.1 Å². The van der Waals surface area contributed by atoms with E-state index in [0.29, 0.717) is 17.9 Å². The highest BCUT2D eigenvalue weighted by atomic mass is 32.2. The largest absolute Gasteiger partial charge is 0.493 e. The minimum absolute atomic E-state index is 0.0119. The molecule has 0 N–H and O–H groups in total. The van der Waals surface area contributed by atoms with Crippen LogP contribution in [0.4, 0.5) is 0 Å². The Kier molecular flexibility index (Phi) is 6.58. The molecule has 5 heteroatoms. The third-order valence-corrected chi connectivity index (χ3v) is 6.42. The molecule has 0 aliphatic rings. The van der Waals surface area contributed by atoms with Crippen LogP contribution in [0.3, 0.4) is 0 Å². The van der Waals surface area contributed by atoms with Gasteiger partial charge in [-0.25, -0.2) is 0 Å². The normalized spacial score (nSPS) is 11.8. The van der Waals surface area contributed by atoms with Crippen LogP contribution in [0.2, 0.25) is 0 Å². The van der Waals surface area contributed by atoms with Gasteiger partial charge in [-0.2, -0.15) is 0 Å². The van der Waals surface area contributed by atoms with E-state index in [2.05, 4.69) is 31.2 Å². The third-order valence-electron chi connectivity index (χ3n) is 4.25. The number of carbonyl (C=O) groups is 1. The number of thioether (sulfide) groups is 1. The Morgan fingerprint density at radius 3 is 2.41 bits per heavy atom. The second kappa shape index (κ2) is 9.11. The van der Waals surface area contributed by atoms with Gasteiger partial charge in [0.05, 0.1) is 19.1 Å². The Balaban J connectivity index is 1.91. The first-order valence-corrected chi connectivity index (χ1v) is 10.4. The first-order valence-electron chi connectivity index (χ1n) is 8.62. The summed E-state index contributed by atoms with van der Waals surface area (Å²) in [5.74, 6) is 1.52. The number of thiophene rings is 1. The van der Waals surface area contributed by atoms with Crippen LogP contribution in [0.25, 0.3) is 0 Å². The predicted octanol–water partition coefficient (Wildman–Crippen LogP) is 6.18. The molecule has 1 atom stereocenters. The van der Waals surface area contributed by atoms with Gasteiger partial charge in [0.25, 0.3) is 0 Å². The Bertz CT molecular complexity index is 886. The fourth-order valence-electron chi connectivity index (χ4n) is 2.77. The second-order valence-electron chi connectivity index (χ2n) is 6.14. The topological polar surface area (TPSA) is 35.5 Å². The number of hydrogen-bond acceptors (Lipinski definition) is 5. The van der Waals surface area contributed by atoms with Gasteiger partial charge in [-0.05, 0) is 48.2 Å². The minimum atomic E-state index is -0.0119. The highest BCUT2D eigenvalue weighted by molar-refractivity contribution is 7.99. The Morgan fingerprint density at radius 2 is 1.78 bits per heavy atom. The fourth-order valence-corrected chi connectivity index (χ4v) is 4.58. The number of Topliss-reactive ketones (excluding diaryl/α,β-unsaturated/α-hetero) is 1. The summed E-state index contributed by atoms with van der Waals surface area (Å²) in [4.78, 5) is 14.7. The number of rotatable bonds is 8. The maximum absolute atomic E-state index is 12.8. The van der Waals surface area contributed by atoms with Crippen LogP contribution in [-0.4, -0.2) is 20.0 Å². The molecule has 3 rings (SSSR count). The van der Waals surface area contributed by atoms with Crippen molar-refractivity contribution < 1.29 is 14.3 Å². The van der Waals surface area contributed by atoms with E-state index in [9.17, 15) is 4.79 Å². The monoisotopic (exact) mass is 398 g/mol. The highest BCUT2D eigenvalue weighted by Gasteiger charge is 2.21. The molecule has 0 amide bonds. The average Bonchev–Trinajstić information content (AvgIpc) is 3.23. The van der Waals surface area contributed by atoms with Crippen molar-refractivity contribution in [1.82, 2.24) is 0 Å². The molecule has 1 heterocycles. The lowest BCUT2D eigenvalue weighted by atomic mass is 10.1. The molecule has 0 saturated carbocycles. The van der Waals surface area contributed by atoms with Gasteiger partial charge in [0.2, 0.25) is 0 Å². The highest BCUT2D eigenvalue weighted by Crippen LogP contribution is 2.41. The van der Waals surface area contributed by atoms with Gasteiger partial charge in [0, 0.05) is 16.6 Å². The summed E-state index contributed by atoms with van der Waals surface area (Å²) in [6.07, 6.45) is 0.425. The van der Waals surface area contributed by atoms with Crippen LogP contribution in [0.5, 0.6) is 11.5 Å². The number of methoxy groups -OCH3 is 2. The molecule has 0 bridgehead atoms. The van der Waals surface area contributed by atoms with Crippen LogP contribution in [0, 0.1) is 6.92 Å². The Hall–Kier alpha value is -2.24. The van der Waals surface area contributed by atoms with Crippen molar-refractivity contribution in [3.63, 3.8) is 0 Å². The number of ether oxygens (including phenoxy) is 2. The number of ketones is 1. The number of benzene rings is 2. The lowest BCUT2D eigenvalue weighted by molar-refractivity contribution is 0.0986. The van der Waals surface area contributed by atoms with Crippen LogP contribution >= 0.6 is 23.1 Å². The predicted molar refractivity (Wildman–Crippen MR) is 113 cm³/mol. The summed E-state index contributed by atoms with van der Waals surface area (Å²) in [6.45, 7) is 2.07. The van der Waals surface area contributed by atoms with Crippen LogP contribution < -0.4 is 9.47 Å². The Morgan fingerprint density at radius 1 is 1.04 bits per heavy atom. The summed E-state index contributed by atoms with van der Waals surface area (Å²) >= 11 is 3.18. The number of aryl methyl sites for hydroxylation is 1. The van der Waals surface area contributed by atoms with E-state index in [4.69, 9.17) is 9.47 Å². The quantitative estimate of drug-likeness (QED) is 0.335. The molecule has 3 aromatic rings. The van der Waals surface area contributed by atoms with E-state index in [1.54, 1.807) is 26.0 Å². The van der Waals surface area contributed by atoms with Gasteiger partial charge >= 0.3 is 0 Å². The lowest BCUT2D eigenvalue weighted by Crippen LogP contribution is -2.05. The molecule has 0 aliphatic heterocycles. The molecule has 27 heavy (non-hydrogen) atoms. The molecule has 1 aromatic heterocycles. The van der Waals surface area contributed by atoms with Gasteiger partial charge in [-0.3, -0.25) is 4.79 Å². The maximum Gasteiger partial charge on any atom is 0.174 e. The second-order valence-corrected chi connectivity index (χ2v) is 8.36. The molecular weight excluding hydrogens is 376 g/mol. The van der Waals surface area contributed by atoms with Gasteiger partial charge in [-0.1, -0.05) is 29.8 Å². The number of hydrogen-bond donors (Lipinski definition) is 0. The molecule has 0 saturated heterocycles. The summed E-state index contributed by atoms with van der Waals surface area (Å²) in [5, 5.41) is 1.92. The van der Waals surface area contributed by atoms with Crippen molar-refractivity contribution in [3.8, 4) is 11.5 Å². The van der Waals surface area contributed by atoms with Crippen molar-refractivity contribution in [2.45, 2.75) is 23.5 Å². The summed E-state index contributed by atoms with van der Waals surface area (Å²) in [7, 11) is 3.25. The molecule has 3 nitrogen and oxygen atoms in total. The standard InChI is InChI=1S/C22H22O3S2/c1-15-6-9-17(10-7-15)27-22(14-18(23)21-5-4-12-26-21)16-8-11-19(24-2)20(13-16)25-3/h4-13,22H,14H2,1-3H3. The molecule has 0 fully saturated rings. The van der Waals surface area contributed by atoms with Crippen molar-refractivity contribution in [2.75, 3.05) is 14.2 Å². The zero-order valence-corrected chi connectivity index (χ0v) is 17.2. The zero-order valence-electron chi connectivity index (χ0n) is 15.6. The molecule has 140 valence electrons. The first kappa shape index (κ1) is 19.5. The summed E-state index contributed by atoms with van der Waals surface area (Å²) in [6, 6.07) is 18.1. The maximum atomic E-state index is 12.8. The zero-order chi connectivity index (χ0) is 19.2. The molecule has 0 radical (unpaired) electrons. The van der Waals surface area contributed by atoms with E-state index >= 15 is 0 Å². The van der Waals surface area contributed by atoms with Crippen LogP contribution in [0.1, 0.15) is 32.5 Å². The van der Waals surface area contributed by atoms with E-state index in [0.717, 1.165) is 15.3 Å². The lowest BCUT2D eigenvalue weighted by Gasteiger charge is -2.18. The summed E-state index contributed by atoms with van der Waals surface area (Å²) < 4.78 is 10.8. The van der Waals surface area contributed by atoms with E-state index in [1.807, 2.05) is 35.7 Å². The van der Waals surface area contributed by atoms with Gasteiger partial charge < -0.3 is 9.47 Å². The summed E-state index contributed by atoms with van der Waals surface area (Å²) in [5.41, 5.74) is 2.26. The third kappa shape index (κ3) is 4.93. The Labute approximate surface area is 168 Å². The minimum Gasteiger partial charge on any atom is -0.493 e. The molecule has 2 aromatic carbocycles. The van der Waals surface area contributed by atoms with E-state index in [1.165, 1.54) is 16.9 Å². The molecule has 0 aliphatic carbocycles. The SMILES string of the molecule is COc1ccc(C(CC(=O)c2cccs2)Sc2ccc(C)cc2)cc1OC.